The highest BCUT2D eigenvalue weighted by molar-refractivity contribution is 7.13. The first-order valence-electron chi connectivity index (χ1n) is 5.96. The van der Waals surface area contributed by atoms with Gasteiger partial charge in [-0.25, -0.2) is 4.98 Å². The van der Waals surface area contributed by atoms with Crippen molar-refractivity contribution in [3.8, 4) is 10.4 Å². The molecule has 2 rings (SSSR count). The van der Waals surface area contributed by atoms with Crippen LogP contribution in [-0.2, 0) is 0 Å². The Kier molecular flexibility index (Phi) is 3.92. The topological polar surface area (TPSA) is 24.9 Å². The number of thiazole rings is 1. The molecule has 0 bridgehead atoms. The van der Waals surface area contributed by atoms with Gasteiger partial charge in [0.15, 0.2) is 0 Å². The van der Waals surface area contributed by atoms with Gasteiger partial charge in [-0.1, -0.05) is 31.2 Å². The van der Waals surface area contributed by atoms with Gasteiger partial charge in [0.25, 0.3) is 0 Å². The maximum absolute atomic E-state index is 4.29. The van der Waals surface area contributed by atoms with Crippen molar-refractivity contribution in [3.63, 3.8) is 0 Å². The zero-order chi connectivity index (χ0) is 12.3. The Morgan fingerprint density at radius 2 is 2.00 bits per heavy atom. The van der Waals surface area contributed by atoms with Crippen LogP contribution in [0.5, 0.6) is 0 Å². The molecule has 2 aromatic rings. The van der Waals surface area contributed by atoms with Crippen LogP contribution in [0.2, 0.25) is 0 Å². The molecule has 1 atom stereocenters. The first-order valence-corrected chi connectivity index (χ1v) is 6.84. The molecule has 90 valence electrons. The van der Waals surface area contributed by atoms with Crippen LogP contribution in [0.4, 0.5) is 0 Å². The van der Waals surface area contributed by atoms with E-state index in [1.54, 1.807) is 11.3 Å². The van der Waals surface area contributed by atoms with Crippen molar-refractivity contribution in [3.05, 3.63) is 41.0 Å². The standard InChI is InChI=1S/C14H18N2S/c1-4-15-10(2)12-5-7-13(8-6-12)14-11(3)16-9-17-14/h5-10,15H,4H2,1-3H3. The number of nitrogens with zero attached hydrogens (tertiary/aromatic N) is 1. The Balaban J connectivity index is 2.21. The lowest BCUT2D eigenvalue weighted by Crippen LogP contribution is -2.17. The monoisotopic (exact) mass is 246 g/mol. The number of hydrogen-bond donors (Lipinski definition) is 1. The van der Waals surface area contributed by atoms with E-state index in [-0.39, 0.29) is 0 Å². The number of rotatable bonds is 4. The molecule has 3 heteroatoms. The second-order valence-corrected chi connectivity index (χ2v) is 5.02. The largest absolute Gasteiger partial charge is 0.310 e. The Hall–Kier alpha value is -1.19. The van der Waals surface area contributed by atoms with E-state index in [9.17, 15) is 0 Å². The van der Waals surface area contributed by atoms with Crippen molar-refractivity contribution in [1.82, 2.24) is 10.3 Å². The van der Waals surface area contributed by atoms with Crippen LogP contribution < -0.4 is 5.32 Å². The lowest BCUT2D eigenvalue weighted by Gasteiger charge is -2.12. The zero-order valence-corrected chi connectivity index (χ0v) is 11.3. The summed E-state index contributed by atoms with van der Waals surface area (Å²) in [5, 5.41) is 3.42. The summed E-state index contributed by atoms with van der Waals surface area (Å²) in [6.45, 7) is 7.37. The highest BCUT2D eigenvalue weighted by atomic mass is 32.1. The van der Waals surface area contributed by atoms with Gasteiger partial charge in [-0.15, -0.1) is 11.3 Å². The van der Waals surface area contributed by atoms with Crippen LogP contribution in [0.1, 0.15) is 31.1 Å². The van der Waals surface area contributed by atoms with E-state index in [1.165, 1.54) is 16.0 Å². The average molecular weight is 246 g/mol. The Morgan fingerprint density at radius 3 is 2.53 bits per heavy atom. The van der Waals surface area contributed by atoms with E-state index in [1.807, 2.05) is 5.51 Å². The molecular weight excluding hydrogens is 228 g/mol. The van der Waals surface area contributed by atoms with Crippen molar-refractivity contribution in [2.45, 2.75) is 26.8 Å². The molecule has 1 heterocycles. The lowest BCUT2D eigenvalue weighted by molar-refractivity contribution is 0.598. The first-order chi connectivity index (χ1) is 8.22. The highest BCUT2D eigenvalue weighted by Gasteiger charge is 2.06. The molecule has 0 amide bonds. The molecular formula is C14H18N2S. The zero-order valence-electron chi connectivity index (χ0n) is 10.5. The summed E-state index contributed by atoms with van der Waals surface area (Å²) in [5.74, 6) is 0. The first kappa shape index (κ1) is 12.3. The molecule has 0 spiro atoms. The fourth-order valence-electron chi connectivity index (χ4n) is 1.93. The van der Waals surface area contributed by atoms with Crippen molar-refractivity contribution in [2.24, 2.45) is 0 Å². The van der Waals surface area contributed by atoms with Crippen LogP contribution in [0.25, 0.3) is 10.4 Å². The Morgan fingerprint density at radius 1 is 1.29 bits per heavy atom. The molecule has 0 saturated carbocycles. The fraction of sp³-hybridized carbons (Fsp3) is 0.357. The fourth-order valence-corrected chi connectivity index (χ4v) is 2.74. The quantitative estimate of drug-likeness (QED) is 0.888. The van der Waals surface area contributed by atoms with Crippen LogP contribution >= 0.6 is 11.3 Å². The molecule has 1 N–H and O–H groups in total. The molecule has 1 aromatic carbocycles. The molecule has 17 heavy (non-hydrogen) atoms. The summed E-state index contributed by atoms with van der Waals surface area (Å²) in [4.78, 5) is 5.56. The molecule has 1 aromatic heterocycles. The summed E-state index contributed by atoms with van der Waals surface area (Å²) in [6.07, 6.45) is 0. The van der Waals surface area contributed by atoms with Gasteiger partial charge in [0.1, 0.15) is 0 Å². The molecule has 0 aliphatic rings. The normalized spacial score (nSPS) is 12.6. The van der Waals surface area contributed by atoms with Gasteiger partial charge in [0.05, 0.1) is 16.1 Å². The molecule has 1 unspecified atom stereocenters. The minimum absolute atomic E-state index is 0.414. The second kappa shape index (κ2) is 5.43. The van der Waals surface area contributed by atoms with Crippen molar-refractivity contribution in [2.75, 3.05) is 6.54 Å². The van der Waals surface area contributed by atoms with Crippen LogP contribution in [0.3, 0.4) is 0 Å². The van der Waals surface area contributed by atoms with E-state index in [0.29, 0.717) is 6.04 Å². The summed E-state index contributed by atoms with van der Waals surface area (Å²) < 4.78 is 0. The summed E-state index contributed by atoms with van der Waals surface area (Å²) >= 11 is 1.70. The molecule has 0 aliphatic heterocycles. The van der Waals surface area contributed by atoms with Gasteiger partial charge in [-0.3, -0.25) is 0 Å². The second-order valence-electron chi connectivity index (χ2n) is 4.17. The Labute approximate surface area is 107 Å². The van der Waals surface area contributed by atoms with Crippen LogP contribution in [0, 0.1) is 6.92 Å². The number of benzene rings is 1. The number of hydrogen-bond acceptors (Lipinski definition) is 3. The lowest BCUT2D eigenvalue weighted by atomic mass is 10.0. The number of aryl methyl sites for hydroxylation is 1. The van der Waals surface area contributed by atoms with Crippen molar-refractivity contribution < 1.29 is 0 Å². The summed E-state index contributed by atoms with van der Waals surface area (Å²) in [5.41, 5.74) is 5.61. The van der Waals surface area contributed by atoms with Crippen molar-refractivity contribution in [1.29, 1.82) is 0 Å². The van der Waals surface area contributed by atoms with Gasteiger partial charge in [0.2, 0.25) is 0 Å². The van der Waals surface area contributed by atoms with Gasteiger partial charge in [0, 0.05) is 6.04 Å². The van der Waals surface area contributed by atoms with Crippen molar-refractivity contribution >= 4 is 11.3 Å². The molecule has 0 aliphatic carbocycles. The molecule has 0 radical (unpaired) electrons. The van der Waals surface area contributed by atoms with E-state index < -0.39 is 0 Å². The molecule has 2 nitrogen and oxygen atoms in total. The molecule has 0 saturated heterocycles. The predicted molar refractivity (Wildman–Crippen MR) is 74.4 cm³/mol. The van der Waals surface area contributed by atoms with Gasteiger partial charge in [-0.2, -0.15) is 0 Å². The maximum Gasteiger partial charge on any atom is 0.0801 e. The van der Waals surface area contributed by atoms with E-state index in [2.05, 4.69) is 55.3 Å². The average Bonchev–Trinajstić information content (AvgIpc) is 2.76. The third-order valence-corrected chi connectivity index (χ3v) is 3.91. The smallest absolute Gasteiger partial charge is 0.0801 e. The van der Waals surface area contributed by atoms with Gasteiger partial charge in [-0.05, 0) is 31.5 Å². The number of aromatic nitrogens is 1. The minimum atomic E-state index is 0.414. The molecule has 0 fully saturated rings. The SMILES string of the molecule is CCNC(C)c1ccc(-c2scnc2C)cc1. The third kappa shape index (κ3) is 2.73. The van der Waals surface area contributed by atoms with E-state index in [0.717, 1.165) is 12.2 Å². The minimum Gasteiger partial charge on any atom is -0.310 e. The summed E-state index contributed by atoms with van der Waals surface area (Å²) in [7, 11) is 0. The highest BCUT2D eigenvalue weighted by Crippen LogP contribution is 2.28. The van der Waals surface area contributed by atoms with E-state index in [4.69, 9.17) is 0 Å². The van der Waals surface area contributed by atoms with E-state index >= 15 is 0 Å². The van der Waals surface area contributed by atoms with Crippen LogP contribution in [0.15, 0.2) is 29.8 Å². The van der Waals surface area contributed by atoms with Gasteiger partial charge < -0.3 is 5.32 Å². The Bertz CT molecular complexity index is 473. The van der Waals surface area contributed by atoms with Crippen LogP contribution in [-0.4, -0.2) is 11.5 Å². The number of nitrogens with one attached hydrogen (secondary N) is 1. The third-order valence-electron chi connectivity index (χ3n) is 2.93. The van der Waals surface area contributed by atoms with Gasteiger partial charge >= 0.3 is 0 Å². The summed E-state index contributed by atoms with van der Waals surface area (Å²) in [6, 6.07) is 9.17. The predicted octanol–water partition coefficient (Wildman–Crippen LogP) is 3.79. The maximum atomic E-state index is 4.29.